The molecule has 118 valence electrons. The minimum Gasteiger partial charge on any atom is -0.316 e. The molecule has 0 saturated carbocycles. The van der Waals surface area contributed by atoms with E-state index < -0.39 is 10.2 Å². The molecule has 3 rings (SSSR count). The van der Waals surface area contributed by atoms with Gasteiger partial charge in [0.25, 0.3) is 10.2 Å². The van der Waals surface area contributed by atoms with Crippen LogP contribution in [0.5, 0.6) is 0 Å². The second kappa shape index (κ2) is 6.06. The van der Waals surface area contributed by atoms with Crippen molar-refractivity contribution in [2.75, 3.05) is 45.8 Å². The second-order valence-corrected chi connectivity index (χ2v) is 8.02. The Labute approximate surface area is 127 Å². The molecule has 0 amide bonds. The minimum atomic E-state index is -3.48. The lowest BCUT2D eigenvalue weighted by molar-refractivity contribution is -0.0408. The van der Waals surface area contributed by atoms with Gasteiger partial charge in [-0.3, -0.25) is 0 Å². The molecule has 8 heteroatoms. The summed E-state index contributed by atoms with van der Waals surface area (Å²) in [6.07, 6.45) is 3.22. The molecule has 3 N–H and O–H groups in total. The van der Waals surface area contributed by atoms with Gasteiger partial charge in [0.2, 0.25) is 0 Å². The molecular weight excluding hydrogens is 300 g/mol. The topological polar surface area (TPSA) is 78.7 Å². The fourth-order valence-corrected chi connectivity index (χ4v) is 4.49. The molecule has 3 saturated heterocycles. The highest BCUT2D eigenvalue weighted by molar-refractivity contribution is 7.86. The van der Waals surface area contributed by atoms with Crippen molar-refractivity contribution >= 4 is 22.6 Å². The number of hydrogen-bond acceptors (Lipinski definition) is 4. The van der Waals surface area contributed by atoms with Crippen molar-refractivity contribution in [3.63, 3.8) is 0 Å². The lowest BCUT2D eigenvalue weighted by atomic mass is 9.72. The molecule has 0 bridgehead atoms. The lowest BCUT2D eigenvalue weighted by Gasteiger charge is -2.54. The molecule has 0 aromatic carbocycles. The van der Waals surface area contributed by atoms with Crippen molar-refractivity contribution < 1.29 is 8.42 Å². The second-order valence-electron chi connectivity index (χ2n) is 6.47. The average Bonchev–Trinajstić information content (AvgIpc) is 2.79. The van der Waals surface area contributed by atoms with Crippen molar-refractivity contribution in [3.05, 3.63) is 0 Å². The van der Waals surface area contributed by atoms with Crippen LogP contribution in [-0.4, -0.2) is 63.4 Å². The van der Waals surface area contributed by atoms with E-state index in [1.807, 2.05) is 0 Å². The zero-order valence-corrected chi connectivity index (χ0v) is 13.4. The molecule has 0 aromatic heterocycles. The van der Waals surface area contributed by atoms with Gasteiger partial charge in [-0.05, 0) is 43.7 Å². The SMILES string of the molecule is Cl.NS(=O)(=O)N1CCC2(CC1)CN(CC1CCNC1)C2. The summed E-state index contributed by atoms with van der Waals surface area (Å²) in [7, 11) is -3.48. The maximum atomic E-state index is 11.3. The summed E-state index contributed by atoms with van der Waals surface area (Å²) in [5.41, 5.74) is 0.368. The zero-order valence-electron chi connectivity index (χ0n) is 11.8. The smallest absolute Gasteiger partial charge is 0.276 e. The van der Waals surface area contributed by atoms with E-state index in [2.05, 4.69) is 10.2 Å². The van der Waals surface area contributed by atoms with Crippen molar-refractivity contribution in [1.82, 2.24) is 14.5 Å². The number of piperidine rings is 1. The summed E-state index contributed by atoms with van der Waals surface area (Å²) < 4.78 is 24.0. The highest BCUT2D eigenvalue weighted by Gasteiger charge is 2.46. The van der Waals surface area contributed by atoms with Crippen molar-refractivity contribution in [2.45, 2.75) is 19.3 Å². The molecule has 0 aliphatic carbocycles. The van der Waals surface area contributed by atoms with Crippen LogP contribution in [0.15, 0.2) is 0 Å². The normalized spacial score (nSPS) is 30.9. The van der Waals surface area contributed by atoms with E-state index in [1.54, 1.807) is 0 Å². The molecule has 1 spiro atoms. The molecule has 3 heterocycles. The highest BCUT2D eigenvalue weighted by Crippen LogP contribution is 2.41. The van der Waals surface area contributed by atoms with Crippen molar-refractivity contribution in [3.8, 4) is 0 Å². The molecule has 1 unspecified atom stereocenters. The largest absolute Gasteiger partial charge is 0.316 e. The van der Waals surface area contributed by atoms with Crippen molar-refractivity contribution in [2.24, 2.45) is 16.5 Å². The summed E-state index contributed by atoms with van der Waals surface area (Å²) in [6, 6.07) is 0. The molecule has 3 aliphatic rings. The van der Waals surface area contributed by atoms with E-state index in [-0.39, 0.29) is 12.4 Å². The summed E-state index contributed by atoms with van der Waals surface area (Å²) in [5.74, 6) is 0.807. The monoisotopic (exact) mass is 324 g/mol. The molecule has 1 atom stereocenters. The maximum absolute atomic E-state index is 11.3. The number of hydrogen-bond donors (Lipinski definition) is 2. The van der Waals surface area contributed by atoms with Gasteiger partial charge in [0, 0.05) is 32.7 Å². The third-order valence-electron chi connectivity index (χ3n) is 4.94. The van der Waals surface area contributed by atoms with Gasteiger partial charge in [0.05, 0.1) is 0 Å². The number of rotatable bonds is 3. The van der Waals surface area contributed by atoms with Crippen LogP contribution in [0.2, 0.25) is 0 Å². The summed E-state index contributed by atoms with van der Waals surface area (Å²) in [4.78, 5) is 2.53. The minimum absolute atomic E-state index is 0. The third kappa shape index (κ3) is 3.45. The number of nitrogens with one attached hydrogen (secondary N) is 1. The fourth-order valence-electron chi connectivity index (χ4n) is 3.80. The number of likely N-dealkylation sites (tertiary alicyclic amines) is 1. The van der Waals surface area contributed by atoms with Crippen LogP contribution in [0.3, 0.4) is 0 Å². The van der Waals surface area contributed by atoms with Crippen LogP contribution in [0, 0.1) is 11.3 Å². The predicted molar refractivity (Wildman–Crippen MR) is 81.0 cm³/mol. The lowest BCUT2D eigenvalue weighted by Crippen LogP contribution is -2.61. The summed E-state index contributed by atoms with van der Waals surface area (Å²) >= 11 is 0. The van der Waals surface area contributed by atoms with Gasteiger partial charge in [-0.2, -0.15) is 12.7 Å². The van der Waals surface area contributed by atoms with Crippen molar-refractivity contribution in [1.29, 1.82) is 0 Å². The maximum Gasteiger partial charge on any atom is 0.276 e. The van der Waals surface area contributed by atoms with Gasteiger partial charge < -0.3 is 10.2 Å². The molecule has 3 fully saturated rings. The summed E-state index contributed by atoms with van der Waals surface area (Å²) in [6.45, 7) is 6.99. The third-order valence-corrected chi connectivity index (χ3v) is 6.02. The van der Waals surface area contributed by atoms with Crippen LogP contribution in [-0.2, 0) is 10.2 Å². The first kappa shape index (κ1) is 16.5. The Morgan fingerprint density at radius 3 is 2.40 bits per heavy atom. The Kier molecular flexibility index (Phi) is 4.98. The molecule has 3 aliphatic heterocycles. The first-order valence-corrected chi connectivity index (χ1v) is 8.68. The van der Waals surface area contributed by atoms with Crippen LogP contribution < -0.4 is 10.5 Å². The Hall–Kier alpha value is 0.0800. The number of nitrogens with zero attached hydrogens (tertiary/aromatic N) is 2. The molecule has 6 nitrogen and oxygen atoms in total. The van der Waals surface area contributed by atoms with E-state index in [4.69, 9.17) is 5.14 Å². The highest BCUT2D eigenvalue weighted by atomic mass is 35.5. The van der Waals surface area contributed by atoms with E-state index >= 15 is 0 Å². The fraction of sp³-hybridized carbons (Fsp3) is 1.00. The van der Waals surface area contributed by atoms with Crippen LogP contribution in [0.4, 0.5) is 0 Å². The molecular formula is C12H25ClN4O2S. The molecule has 0 radical (unpaired) electrons. The number of halogens is 1. The Balaban J connectivity index is 0.00000147. The van der Waals surface area contributed by atoms with Gasteiger partial charge in [-0.15, -0.1) is 12.4 Å². The standard InChI is InChI=1S/C12H24N4O2S.ClH/c13-19(17,18)16-5-2-12(3-6-16)9-15(10-12)8-11-1-4-14-7-11;/h11,14H,1-10H2,(H2,13,17,18);1H. The van der Waals surface area contributed by atoms with Crippen LogP contribution in [0.25, 0.3) is 0 Å². The molecule has 0 aromatic rings. The zero-order chi connectivity index (χ0) is 13.5. The Bertz CT molecular complexity index is 423. The van der Waals surface area contributed by atoms with Gasteiger partial charge in [0.1, 0.15) is 0 Å². The van der Waals surface area contributed by atoms with E-state index in [0.717, 1.165) is 44.9 Å². The van der Waals surface area contributed by atoms with Crippen LogP contribution in [0.1, 0.15) is 19.3 Å². The van der Waals surface area contributed by atoms with E-state index in [0.29, 0.717) is 18.5 Å². The Morgan fingerprint density at radius 1 is 1.25 bits per heavy atom. The van der Waals surface area contributed by atoms with Crippen LogP contribution >= 0.6 is 12.4 Å². The van der Waals surface area contributed by atoms with E-state index in [1.165, 1.54) is 17.3 Å². The van der Waals surface area contributed by atoms with Gasteiger partial charge in [-0.25, -0.2) is 5.14 Å². The first-order valence-electron chi connectivity index (χ1n) is 7.18. The van der Waals surface area contributed by atoms with Gasteiger partial charge in [0.15, 0.2) is 0 Å². The quantitative estimate of drug-likeness (QED) is 0.742. The van der Waals surface area contributed by atoms with Gasteiger partial charge >= 0.3 is 0 Å². The summed E-state index contributed by atoms with van der Waals surface area (Å²) in [5, 5.41) is 8.58. The van der Waals surface area contributed by atoms with E-state index in [9.17, 15) is 8.42 Å². The number of nitrogens with two attached hydrogens (primary N) is 1. The van der Waals surface area contributed by atoms with Gasteiger partial charge in [-0.1, -0.05) is 0 Å². The predicted octanol–water partition coefficient (Wildman–Crippen LogP) is -0.381. The first-order chi connectivity index (χ1) is 8.97. The Morgan fingerprint density at radius 2 is 1.90 bits per heavy atom. The average molecular weight is 325 g/mol. The molecule has 20 heavy (non-hydrogen) atoms.